The van der Waals surface area contributed by atoms with Crippen molar-refractivity contribution in [3.05, 3.63) is 113 Å². The topological polar surface area (TPSA) is 717 Å². The maximum atomic E-state index is 14.7. The highest BCUT2D eigenvalue weighted by Crippen LogP contribution is 2.20. The number of phenols is 1. The van der Waals surface area contributed by atoms with Crippen molar-refractivity contribution in [2.24, 2.45) is 0 Å². The van der Waals surface area contributed by atoms with Crippen molar-refractivity contribution < 1.29 is 157 Å². The number of aromatic carboxylic acids is 2. The number of unbranched alkanes of at least 4 members (excludes halogenated alkanes) is 1. The molecule has 4 aromatic rings. The number of hydrogen-bond acceptors (Lipinski definition) is 25. The van der Waals surface area contributed by atoms with Gasteiger partial charge in [-0.3, -0.25) is 81.9 Å². The molecule has 46 nitrogen and oxygen atoms in total. The minimum Gasteiger partial charge on any atom is -0.508 e. The Kier molecular flexibility index (Phi) is 41.3. The minimum atomic E-state index is -1.86. The Morgan fingerprint density at radius 2 is 0.782 bits per heavy atom. The molecule has 0 spiro atoms. The Hall–Kier alpha value is -14.0. The molecular formula is C78H100N14O32. The molecule has 124 heavy (non-hydrogen) atoms. The average Bonchev–Trinajstić information content (AvgIpc) is 0.790. The van der Waals surface area contributed by atoms with Crippen molar-refractivity contribution in [3.8, 4) is 5.75 Å². The number of benzene rings is 4. The molecule has 1 heterocycles. The lowest BCUT2D eigenvalue weighted by atomic mass is 9.99. The van der Waals surface area contributed by atoms with Crippen LogP contribution in [0.5, 0.6) is 5.75 Å². The third-order valence-corrected chi connectivity index (χ3v) is 19.4. The molecule has 1 saturated heterocycles. The van der Waals surface area contributed by atoms with E-state index in [0.717, 1.165) is 23.6 Å². The molecular weight excluding hydrogens is 1640 g/mol. The van der Waals surface area contributed by atoms with E-state index < -0.39 is 255 Å². The number of urea groups is 1. The smallest absolute Gasteiger partial charge is 0.335 e. The van der Waals surface area contributed by atoms with E-state index >= 15 is 0 Å². The van der Waals surface area contributed by atoms with Crippen LogP contribution in [0, 0.1) is 0 Å². The molecule has 0 radical (unpaired) electrons. The first-order valence-electron chi connectivity index (χ1n) is 38.8. The van der Waals surface area contributed by atoms with E-state index in [0.29, 0.717) is 16.5 Å². The lowest BCUT2D eigenvalue weighted by Gasteiger charge is -2.35. The van der Waals surface area contributed by atoms with Gasteiger partial charge in [0.05, 0.1) is 43.7 Å². The molecule has 46 heteroatoms. The third-order valence-electron chi connectivity index (χ3n) is 19.4. The summed E-state index contributed by atoms with van der Waals surface area (Å²) in [6.45, 7) is -3.04. The van der Waals surface area contributed by atoms with Crippen LogP contribution in [0.2, 0.25) is 0 Å². The van der Waals surface area contributed by atoms with E-state index in [2.05, 4.69) is 42.5 Å². The van der Waals surface area contributed by atoms with Gasteiger partial charge in [-0.05, 0) is 104 Å². The Morgan fingerprint density at radius 1 is 0.339 bits per heavy atom. The van der Waals surface area contributed by atoms with Crippen LogP contribution in [-0.4, -0.2) is 340 Å². The van der Waals surface area contributed by atoms with Gasteiger partial charge in [-0.15, -0.1) is 0 Å². The number of aromatic hydroxyl groups is 1. The molecule has 1 unspecified atom stereocenters. The summed E-state index contributed by atoms with van der Waals surface area (Å²) >= 11 is 0. The van der Waals surface area contributed by atoms with Crippen LogP contribution in [0.25, 0.3) is 10.8 Å². The summed E-state index contributed by atoms with van der Waals surface area (Å²) in [4.78, 5) is 261. The van der Waals surface area contributed by atoms with Crippen LogP contribution in [0.4, 0.5) is 4.79 Å². The number of carbonyl (C=O) groups is 20. The van der Waals surface area contributed by atoms with Gasteiger partial charge in [0.15, 0.2) is 0 Å². The third kappa shape index (κ3) is 36.9. The molecule has 0 saturated carbocycles. The van der Waals surface area contributed by atoms with Gasteiger partial charge < -0.3 is 114 Å². The normalized spacial score (nSPS) is 14.8. The van der Waals surface area contributed by atoms with Crippen LogP contribution in [0.3, 0.4) is 0 Å². The quantitative estimate of drug-likeness (QED) is 0.0195. The van der Waals surface area contributed by atoms with Gasteiger partial charge in [0, 0.05) is 103 Å². The molecule has 10 amide bonds. The zero-order chi connectivity index (χ0) is 91.9. The van der Waals surface area contributed by atoms with Gasteiger partial charge in [0.25, 0.3) is 5.91 Å². The lowest BCUT2D eigenvalue weighted by Crippen LogP contribution is -2.57. The molecule has 0 bridgehead atoms. The Labute approximate surface area is 705 Å². The molecule has 1 aliphatic heterocycles. The van der Waals surface area contributed by atoms with Crippen molar-refractivity contribution in [1.29, 1.82) is 0 Å². The van der Waals surface area contributed by atoms with Crippen molar-refractivity contribution in [2.75, 3.05) is 91.6 Å². The van der Waals surface area contributed by atoms with Crippen molar-refractivity contribution in [1.82, 2.24) is 72.8 Å². The summed E-state index contributed by atoms with van der Waals surface area (Å²) in [5.74, 6) is -24.7. The molecule has 5 rings (SSSR count). The summed E-state index contributed by atoms with van der Waals surface area (Å²) in [6.07, 6.45) is -6.26. The molecule has 0 aliphatic carbocycles. The first-order valence-corrected chi connectivity index (χ1v) is 38.8. The fraction of sp³-hybridized carbons (Fsp3) is 0.462. The maximum absolute atomic E-state index is 14.7. The summed E-state index contributed by atoms with van der Waals surface area (Å²) in [5.41, 5.74) is -1.12. The van der Waals surface area contributed by atoms with Gasteiger partial charge in [0.2, 0.25) is 41.4 Å². The molecule has 1 aliphatic rings. The average molecular weight is 1750 g/mol. The minimum absolute atomic E-state index is 0.0352. The number of hydrogen-bond donors (Lipinski definition) is 22. The summed E-state index contributed by atoms with van der Waals surface area (Å²) in [6, 6.07) is 5.02. The standard InChI is InChI=1S/C78H100N14O32/c93-50-14-11-43(12-15-50)33-55(83-62(97)39-81-59(94)20-18-58(77(122)123)92-30-28-90(41-65(102)103)26-24-89(40-64(100)101)25-27-91(29-31-92)42-66(104)105)69(108)86-56(34-44-10-13-45-6-1-2-7-46(45)32-44)70(109)84-52(74(116)117)8-3-4-22-80-68(107)57(85-67(106)47-35-48(71(110)111)37-49(36-47)72(112)113)38-61(96)79-23-5-9-51(73(114)115)82-60(95)19-16-53(75(118)119)87-78(124)88-54(76(120)121)17-21-63(98)99/h1-2,6-7,10-15,32,35-37,51-58,93H,3-5,8-9,16-31,33-34,38-42H2,(H,79,96)(H,80,107)(H,81,94)(H,82,95)(H,83,97)(H,84,109)(H,85,106)(H,86,108)(H,98,99)(H,100,101)(H,102,103)(H,104,105)(H,110,111)(H,112,113)(H,114,115)(H,116,117)(H,118,119)(H,120,121)(H,122,123)(H2,87,88,124)/t51-,52+,53-,54-,55+,56+,57+,58?/m0/s1. The highest BCUT2D eigenvalue weighted by Gasteiger charge is 2.35. The molecule has 1 fully saturated rings. The van der Waals surface area contributed by atoms with E-state index in [-0.39, 0.29) is 116 Å². The summed E-state index contributed by atoms with van der Waals surface area (Å²) < 4.78 is 0. The summed E-state index contributed by atoms with van der Waals surface area (Å²) in [7, 11) is 0. The van der Waals surface area contributed by atoms with Gasteiger partial charge >= 0.3 is 71.7 Å². The fourth-order valence-corrected chi connectivity index (χ4v) is 12.8. The molecule has 4 aromatic carbocycles. The van der Waals surface area contributed by atoms with E-state index in [1.54, 1.807) is 42.5 Å². The number of aliphatic carboxylic acids is 9. The van der Waals surface area contributed by atoms with Crippen LogP contribution in [0.15, 0.2) is 84.9 Å². The maximum Gasteiger partial charge on any atom is 0.335 e. The van der Waals surface area contributed by atoms with Gasteiger partial charge in [-0.1, -0.05) is 54.6 Å². The number of carbonyl (C=O) groups excluding carboxylic acids is 9. The number of carboxylic acids is 11. The zero-order valence-corrected chi connectivity index (χ0v) is 66.8. The van der Waals surface area contributed by atoms with Gasteiger partial charge in [0.1, 0.15) is 54.1 Å². The molecule has 674 valence electrons. The number of carboxylic acid groups (broad SMARTS) is 11. The Morgan fingerprint density at radius 3 is 1.30 bits per heavy atom. The first-order chi connectivity index (χ1) is 58.6. The number of rotatable bonds is 51. The van der Waals surface area contributed by atoms with Crippen LogP contribution >= 0.6 is 0 Å². The van der Waals surface area contributed by atoms with E-state index in [1.807, 2.05) is 10.6 Å². The van der Waals surface area contributed by atoms with Crippen molar-refractivity contribution in [3.63, 3.8) is 0 Å². The second kappa shape index (κ2) is 50.9. The van der Waals surface area contributed by atoms with E-state index in [1.165, 1.54) is 43.9 Å². The predicted octanol–water partition coefficient (Wildman–Crippen LogP) is -3.12. The van der Waals surface area contributed by atoms with Crippen LogP contribution in [0.1, 0.15) is 119 Å². The first kappa shape index (κ1) is 101. The number of nitrogens with zero attached hydrogens (tertiary/aromatic N) is 4. The highest BCUT2D eigenvalue weighted by atomic mass is 16.4. The molecule has 8 atom stereocenters. The molecule has 22 N–H and O–H groups in total. The van der Waals surface area contributed by atoms with Crippen LogP contribution in [-0.2, 0) is 89.6 Å². The second-order valence-corrected chi connectivity index (χ2v) is 28.8. The predicted molar refractivity (Wildman–Crippen MR) is 426 cm³/mol. The lowest BCUT2D eigenvalue weighted by molar-refractivity contribution is -0.145. The van der Waals surface area contributed by atoms with E-state index in [4.69, 9.17) is 5.11 Å². The largest absolute Gasteiger partial charge is 0.508 e. The molecule has 0 aromatic heterocycles. The van der Waals surface area contributed by atoms with Crippen LogP contribution < -0.4 is 53.2 Å². The highest BCUT2D eigenvalue weighted by molar-refractivity contribution is 6.04. The van der Waals surface area contributed by atoms with Crippen molar-refractivity contribution in [2.45, 2.75) is 138 Å². The fourth-order valence-electron chi connectivity index (χ4n) is 12.8. The summed E-state index contributed by atoms with van der Waals surface area (Å²) in [5, 5.41) is 142. The number of nitrogens with one attached hydrogen (secondary N) is 10. The number of phenolic OH excluding ortho intramolecular Hbond substituents is 1. The second-order valence-electron chi connectivity index (χ2n) is 28.8. The van der Waals surface area contributed by atoms with Gasteiger partial charge in [-0.2, -0.15) is 0 Å². The number of fused-ring (bicyclic) bond motifs is 1. The Balaban J connectivity index is 1.27. The van der Waals surface area contributed by atoms with Gasteiger partial charge in [-0.25, -0.2) is 33.6 Å². The Bertz CT molecular complexity index is 4470. The monoisotopic (exact) mass is 1740 g/mol. The number of amides is 10. The SMILES string of the molecule is O=C(O)CC[C@H](NC(=O)N[C@@H](CCC(=O)N[C@@H](CCCNC(=O)C[C@@H](NC(=O)c1cc(C(=O)O)cc(C(=O)O)c1)C(=O)NCCCC[C@@H](NC(=O)[C@@H](Cc1ccc2ccccc2c1)NC(=O)[C@@H](Cc1ccc(O)cc1)NC(=O)CNC(=O)CCC(C(=O)O)N1CCN(CC(=O)O)CCN(CC(=O)O)CCN(CC(=O)O)CC1)C(=O)O)C(=O)O)C(=O)O)C(=O)O. The zero-order valence-electron chi connectivity index (χ0n) is 66.8. The van der Waals surface area contributed by atoms with E-state index in [9.17, 15) is 152 Å². The van der Waals surface area contributed by atoms with Crippen molar-refractivity contribution >= 4 is 130 Å².